The van der Waals surface area contributed by atoms with E-state index < -0.39 is 23.8 Å². The lowest BCUT2D eigenvalue weighted by Gasteiger charge is -2.29. The van der Waals surface area contributed by atoms with Gasteiger partial charge in [-0.2, -0.15) is 0 Å². The fourth-order valence-electron chi connectivity index (χ4n) is 5.66. The summed E-state index contributed by atoms with van der Waals surface area (Å²) in [5.41, 5.74) is 3.92. The van der Waals surface area contributed by atoms with Gasteiger partial charge in [-0.25, -0.2) is 9.48 Å². The molecule has 10 heteroatoms. The zero-order valence-corrected chi connectivity index (χ0v) is 25.7. The third kappa shape index (κ3) is 7.61. The average Bonchev–Trinajstić information content (AvgIpc) is 3.62. The standard InChI is InChI=1S/C34H40N6O4/c1-34(2,3)44-33(43)36-27(17-15-23-11-7-5-8-12-23)32(42)40-22-26(25-13-9-6-10-14-25)20-30(40)31(41)35-21-24-16-18-29-28(19-24)37-38-39(29)4/h5-14,16,18-19,26-27,30H,15,17,20-22H2,1-4H3,(H,35,41)(H,36,43)/t26-,27-,30+/m1/s1. The third-order valence-corrected chi connectivity index (χ3v) is 7.85. The van der Waals surface area contributed by atoms with Gasteiger partial charge in [0.05, 0.1) is 5.52 Å². The van der Waals surface area contributed by atoms with Gasteiger partial charge in [-0.1, -0.05) is 71.9 Å². The Morgan fingerprint density at radius 3 is 2.39 bits per heavy atom. The lowest BCUT2D eigenvalue weighted by molar-refractivity contribution is -0.140. The molecule has 1 saturated heterocycles. The number of carbonyl (C=O) groups excluding carboxylic acids is 3. The lowest BCUT2D eigenvalue weighted by Crippen LogP contribution is -2.54. The van der Waals surface area contributed by atoms with Crippen LogP contribution >= 0.6 is 0 Å². The van der Waals surface area contributed by atoms with Crippen molar-refractivity contribution in [1.29, 1.82) is 0 Å². The molecular formula is C34H40N6O4. The minimum Gasteiger partial charge on any atom is -0.444 e. The summed E-state index contributed by atoms with van der Waals surface area (Å²) in [7, 11) is 1.83. The van der Waals surface area contributed by atoms with Gasteiger partial charge in [0.15, 0.2) is 0 Å². The number of nitrogens with one attached hydrogen (secondary N) is 2. The summed E-state index contributed by atoms with van der Waals surface area (Å²) >= 11 is 0. The van der Waals surface area contributed by atoms with Gasteiger partial charge in [0.1, 0.15) is 23.2 Å². The number of alkyl carbamates (subject to hydrolysis) is 1. The Bertz CT molecular complexity index is 1600. The first-order valence-corrected chi connectivity index (χ1v) is 15.0. The van der Waals surface area contributed by atoms with Crippen LogP contribution in [0.3, 0.4) is 0 Å². The summed E-state index contributed by atoms with van der Waals surface area (Å²) in [6.07, 6.45) is 0.747. The molecule has 0 aliphatic carbocycles. The monoisotopic (exact) mass is 596 g/mol. The van der Waals surface area contributed by atoms with Gasteiger partial charge >= 0.3 is 6.09 Å². The maximum atomic E-state index is 14.2. The largest absolute Gasteiger partial charge is 0.444 e. The van der Waals surface area contributed by atoms with Crippen LogP contribution in [-0.4, -0.2) is 62.0 Å². The second-order valence-corrected chi connectivity index (χ2v) is 12.3. The van der Waals surface area contributed by atoms with Crippen LogP contribution in [0.5, 0.6) is 0 Å². The van der Waals surface area contributed by atoms with Gasteiger partial charge in [0.25, 0.3) is 0 Å². The second-order valence-electron chi connectivity index (χ2n) is 12.3. The molecule has 0 spiro atoms. The number of hydrogen-bond acceptors (Lipinski definition) is 6. The second kappa shape index (κ2) is 13.3. The van der Waals surface area contributed by atoms with E-state index in [0.717, 1.165) is 27.7 Å². The number of ether oxygens (including phenoxy) is 1. The van der Waals surface area contributed by atoms with Crippen LogP contribution < -0.4 is 10.6 Å². The molecular weight excluding hydrogens is 556 g/mol. The third-order valence-electron chi connectivity index (χ3n) is 7.85. The molecule has 3 aromatic carbocycles. The molecule has 0 bridgehead atoms. The summed E-state index contributed by atoms with van der Waals surface area (Å²) in [6, 6.07) is 23.9. The molecule has 0 unspecified atom stereocenters. The number of rotatable bonds is 9. The normalized spacial score (nSPS) is 17.3. The Labute approximate surface area is 257 Å². The number of nitrogens with zero attached hydrogens (tertiary/aromatic N) is 4. The zero-order valence-electron chi connectivity index (χ0n) is 25.7. The van der Waals surface area contributed by atoms with E-state index in [2.05, 4.69) is 20.9 Å². The summed E-state index contributed by atoms with van der Waals surface area (Å²) in [6.45, 7) is 5.99. The SMILES string of the molecule is Cn1nnc2cc(CNC(=O)[C@@H]3C[C@@H](c4ccccc4)CN3C(=O)[C@@H](CCc3ccccc3)NC(=O)OC(C)(C)C)ccc21. The van der Waals surface area contributed by atoms with E-state index in [1.807, 2.05) is 85.9 Å². The number of benzene rings is 3. The Kier molecular flexibility index (Phi) is 9.27. The van der Waals surface area contributed by atoms with Gasteiger partial charge in [-0.3, -0.25) is 9.59 Å². The van der Waals surface area contributed by atoms with Gasteiger partial charge in [0.2, 0.25) is 11.8 Å². The number of fused-ring (bicyclic) bond motifs is 1. The van der Waals surface area contributed by atoms with Crippen molar-refractivity contribution in [3.63, 3.8) is 0 Å². The molecule has 4 aromatic rings. The van der Waals surface area contributed by atoms with Crippen molar-refractivity contribution in [3.8, 4) is 0 Å². The van der Waals surface area contributed by atoms with Crippen LogP contribution in [0, 0.1) is 0 Å². The highest BCUT2D eigenvalue weighted by Crippen LogP contribution is 2.33. The van der Waals surface area contributed by atoms with Crippen LogP contribution in [0.2, 0.25) is 0 Å². The molecule has 1 fully saturated rings. The first-order chi connectivity index (χ1) is 21.1. The topological polar surface area (TPSA) is 118 Å². The predicted octanol–water partition coefficient (Wildman–Crippen LogP) is 4.50. The van der Waals surface area contributed by atoms with Gasteiger partial charge < -0.3 is 20.3 Å². The zero-order chi connectivity index (χ0) is 31.3. The smallest absolute Gasteiger partial charge is 0.408 e. The van der Waals surface area contributed by atoms with Crippen LogP contribution in [0.4, 0.5) is 4.79 Å². The van der Waals surface area contributed by atoms with Crippen LogP contribution in [0.15, 0.2) is 78.9 Å². The molecule has 2 N–H and O–H groups in total. The van der Waals surface area contributed by atoms with E-state index in [9.17, 15) is 14.4 Å². The Balaban J connectivity index is 1.36. The van der Waals surface area contributed by atoms with Crippen molar-refractivity contribution in [1.82, 2.24) is 30.5 Å². The maximum Gasteiger partial charge on any atom is 0.408 e. The highest BCUT2D eigenvalue weighted by Gasteiger charge is 2.42. The fourth-order valence-corrected chi connectivity index (χ4v) is 5.66. The lowest BCUT2D eigenvalue weighted by atomic mass is 9.96. The van der Waals surface area contributed by atoms with Crippen molar-refractivity contribution in [3.05, 3.63) is 95.6 Å². The maximum absolute atomic E-state index is 14.2. The molecule has 2 heterocycles. The molecule has 1 aromatic heterocycles. The van der Waals surface area contributed by atoms with E-state index in [1.54, 1.807) is 30.4 Å². The number of aryl methyl sites for hydroxylation is 2. The average molecular weight is 597 g/mol. The van der Waals surface area contributed by atoms with Crippen molar-refractivity contribution in [2.75, 3.05) is 6.54 Å². The molecule has 0 radical (unpaired) electrons. The molecule has 3 amide bonds. The first kappa shape index (κ1) is 30.7. The number of carbonyl (C=O) groups is 3. The molecule has 10 nitrogen and oxygen atoms in total. The van der Waals surface area contributed by atoms with Crippen molar-refractivity contribution < 1.29 is 19.1 Å². The van der Waals surface area contributed by atoms with Gasteiger partial charge in [0, 0.05) is 26.1 Å². The highest BCUT2D eigenvalue weighted by atomic mass is 16.6. The minimum absolute atomic E-state index is 0.0249. The molecule has 230 valence electrons. The fraction of sp³-hybridized carbons (Fsp3) is 0.382. The molecule has 3 atom stereocenters. The van der Waals surface area contributed by atoms with E-state index in [0.29, 0.717) is 25.8 Å². The summed E-state index contributed by atoms with van der Waals surface area (Å²) in [5.74, 6) is -0.565. The quantitative estimate of drug-likeness (QED) is 0.294. The van der Waals surface area contributed by atoms with E-state index in [1.165, 1.54) is 0 Å². The van der Waals surface area contributed by atoms with Crippen molar-refractivity contribution in [2.45, 2.75) is 70.2 Å². The number of aromatic nitrogens is 3. The van der Waals surface area contributed by atoms with Gasteiger partial charge in [-0.05, 0) is 68.9 Å². The van der Waals surface area contributed by atoms with E-state index >= 15 is 0 Å². The predicted molar refractivity (Wildman–Crippen MR) is 168 cm³/mol. The minimum atomic E-state index is -0.867. The summed E-state index contributed by atoms with van der Waals surface area (Å²) < 4.78 is 7.20. The number of likely N-dealkylation sites (tertiary alicyclic amines) is 1. The summed E-state index contributed by atoms with van der Waals surface area (Å²) in [5, 5.41) is 14.1. The summed E-state index contributed by atoms with van der Waals surface area (Å²) in [4.78, 5) is 42.5. The Morgan fingerprint density at radius 1 is 0.977 bits per heavy atom. The number of amides is 3. The molecule has 0 saturated carbocycles. The van der Waals surface area contributed by atoms with Crippen molar-refractivity contribution in [2.24, 2.45) is 7.05 Å². The van der Waals surface area contributed by atoms with E-state index in [4.69, 9.17) is 4.74 Å². The van der Waals surface area contributed by atoms with Crippen LogP contribution in [0.25, 0.3) is 11.0 Å². The molecule has 1 aliphatic heterocycles. The Morgan fingerprint density at radius 2 is 1.68 bits per heavy atom. The number of hydrogen-bond donors (Lipinski definition) is 2. The van der Waals surface area contributed by atoms with Crippen LogP contribution in [-0.2, 0) is 34.3 Å². The molecule has 1 aliphatic rings. The molecule has 44 heavy (non-hydrogen) atoms. The van der Waals surface area contributed by atoms with Gasteiger partial charge in [-0.15, -0.1) is 5.10 Å². The molecule has 5 rings (SSSR count). The van der Waals surface area contributed by atoms with E-state index in [-0.39, 0.29) is 24.3 Å². The van der Waals surface area contributed by atoms with Crippen molar-refractivity contribution >= 4 is 28.9 Å². The highest BCUT2D eigenvalue weighted by molar-refractivity contribution is 5.92. The van der Waals surface area contributed by atoms with Crippen LogP contribution in [0.1, 0.15) is 56.2 Å². The Hall–Kier alpha value is -4.73. The first-order valence-electron chi connectivity index (χ1n) is 15.0.